The molecule has 0 radical (unpaired) electrons. The summed E-state index contributed by atoms with van der Waals surface area (Å²) in [6.45, 7) is 3.60. The van der Waals surface area contributed by atoms with Gasteiger partial charge in [0, 0.05) is 11.6 Å². The zero-order chi connectivity index (χ0) is 18.7. The molecule has 1 atom stereocenters. The number of phenolic OH excluding ortho intramolecular Hbond substituents is 1. The highest BCUT2D eigenvalue weighted by Crippen LogP contribution is 2.27. The summed E-state index contributed by atoms with van der Waals surface area (Å²) in [4.78, 5) is 12.3. The van der Waals surface area contributed by atoms with E-state index in [1.165, 1.54) is 19.2 Å². The molecule has 0 spiro atoms. The molecule has 0 aliphatic carbocycles. The summed E-state index contributed by atoms with van der Waals surface area (Å²) in [5.74, 6) is 0.0176. The molecule has 134 valence electrons. The predicted molar refractivity (Wildman–Crippen MR) is 93.0 cm³/mol. The molecule has 0 unspecified atom stereocenters. The summed E-state index contributed by atoms with van der Waals surface area (Å²) in [7, 11) is 1.47. The molecule has 3 aromatic rings. The van der Waals surface area contributed by atoms with Crippen molar-refractivity contribution in [2.75, 3.05) is 7.11 Å². The zero-order valence-corrected chi connectivity index (χ0v) is 14.6. The van der Waals surface area contributed by atoms with Crippen molar-refractivity contribution in [2.45, 2.75) is 20.0 Å². The number of ether oxygens (including phenoxy) is 2. The Morgan fingerprint density at radius 2 is 1.88 bits per heavy atom. The molecule has 0 aliphatic rings. The number of carbonyl (C=O) groups excluding carboxylic acids is 1. The summed E-state index contributed by atoms with van der Waals surface area (Å²) in [6, 6.07) is 11.9. The van der Waals surface area contributed by atoms with Gasteiger partial charge < -0.3 is 19.0 Å². The smallest absolute Gasteiger partial charge is 0.342 e. The largest absolute Gasteiger partial charge is 0.507 e. The van der Waals surface area contributed by atoms with Crippen molar-refractivity contribution in [3.63, 3.8) is 0 Å². The molecule has 2 aromatic carbocycles. The SMILES string of the molecule is COc1ccc(C(=O)O[C@@H](C)c2nnc(-c3ccc(C)cc3)o2)c(O)c1. The van der Waals surface area contributed by atoms with E-state index in [1.807, 2.05) is 31.2 Å². The average molecular weight is 354 g/mol. The van der Waals surface area contributed by atoms with Crippen LogP contribution in [0.3, 0.4) is 0 Å². The quantitative estimate of drug-likeness (QED) is 0.698. The minimum atomic E-state index is -0.768. The fourth-order valence-electron chi connectivity index (χ4n) is 2.30. The van der Waals surface area contributed by atoms with Gasteiger partial charge in [0.2, 0.25) is 5.89 Å². The van der Waals surface area contributed by atoms with Crippen LogP contribution >= 0.6 is 0 Å². The van der Waals surface area contributed by atoms with E-state index in [2.05, 4.69) is 10.2 Å². The van der Waals surface area contributed by atoms with Crippen LogP contribution in [-0.4, -0.2) is 28.4 Å². The third kappa shape index (κ3) is 3.66. The molecule has 1 aromatic heterocycles. The maximum atomic E-state index is 12.3. The number of aromatic nitrogens is 2. The number of nitrogens with zero attached hydrogens (tertiary/aromatic N) is 2. The molecule has 0 aliphatic heterocycles. The molecule has 0 fully saturated rings. The Bertz CT molecular complexity index is 918. The summed E-state index contributed by atoms with van der Waals surface area (Å²) < 4.78 is 15.9. The Balaban J connectivity index is 1.73. The molecular formula is C19H18N2O5. The number of rotatable bonds is 5. The van der Waals surface area contributed by atoms with Crippen molar-refractivity contribution in [1.82, 2.24) is 10.2 Å². The van der Waals surface area contributed by atoms with Crippen LogP contribution in [0.1, 0.15) is 34.8 Å². The van der Waals surface area contributed by atoms with Crippen LogP contribution in [-0.2, 0) is 4.74 Å². The van der Waals surface area contributed by atoms with Gasteiger partial charge in [0.1, 0.15) is 17.1 Å². The first-order valence-corrected chi connectivity index (χ1v) is 7.96. The Labute approximate surface area is 150 Å². The monoisotopic (exact) mass is 354 g/mol. The van der Waals surface area contributed by atoms with Gasteiger partial charge in [-0.25, -0.2) is 4.79 Å². The van der Waals surface area contributed by atoms with Crippen molar-refractivity contribution < 1.29 is 23.8 Å². The maximum absolute atomic E-state index is 12.3. The van der Waals surface area contributed by atoms with Gasteiger partial charge in [0.05, 0.1) is 7.11 Å². The first-order valence-electron chi connectivity index (χ1n) is 7.96. The van der Waals surface area contributed by atoms with E-state index in [9.17, 15) is 9.90 Å². The van der Waals surface area contributed by atoms with E-state index in [1.54, 1.807) is 13.0 Å². The summed E-state index contributed by atoms with van der Waals surface area (Å²) in [5.41, 5.74) is 1.92. The molecule has 1 N–H and O–H groups in total. The fraction of sp³-hybridized carbons (Fsp3) is 0.211. The second-order valence-electron chi connectivity index (χ2n) is 5.74. The lowest BCUT2D eigenvalue weighted by molar-refractivity contribution is 0.0276. The van der Waals surface area contributed by atoms with Gasteiger partial charge in [0.25, 0.3) is 5.89 Å². The van der Waals surface area contributed by atoms with E-state index in [-0.39, 0.29) is 17.2 Å². The van der Waals surface area contributed by atoms with Gasteiger partial charge in [-0.2, -0.15) is 0 Å². The van der Waals surface area contributed by atoms with E-state index < -0.39 is 12.1 Å². The van der Waals surface area contributed by atoms with Crippen molar-refractivity contribution in [2.24, 2.45) is 0 Å². The van der Waals surface area contributed by atoms with E-state index in [0.717, 1.165) is 11.1 Å². The first-order chi connectivity index (χ1) is 12.5. The second kappa shape index (κ2) is 7.26. The van der Waals surface area contributed by atoms with Crippen LogP contribution < -0.4 is 4.74 Å². The van der Waals surface area contributed by atoms with Gasteiger partial charge in [-0.15, -0.1) is 10.2 Å². The molecule has 1 heterocycles. The fourth-order valence-corrected chi connectivity index (χ4v) is 2.30. The van der Waals surface area contributed by atoms with Gasteiger partial charge in [-0.05, 0) is 38.1 Å². The number of hydrogen-bond donors (Lipinski definition) is 1. The third-order valence-corrected chi connectivity index (χ3v) is 3.80. The van der Waals surface area contributed by atoms with Crippen molar-refractivity contribution in [3.05, 3.63) is 59.5 Å². The third-order valence-electron chi connectivity index (χ3n) is 3.80. The highest BCUT2D eigenvalue weighted by atomic mass is 16.6. The maximum Gasteiger partial charge on any atom is 0.342 e. The number of aryl methyl sites for hydroxylation is 1. The van der Waals surface area contributed by atoms with Gasteiger partial charge >= 0.3 is 5.97 Å². The Kier molecular flexibility index (Phi) is 4.88. The van der Waals surface area contributed by atoms with Crippen LogP contribution in [0, 0.1) is 6.92 Å². The number of benzene rings is 2. The number of carbonyl (C=O) groups is 1. The molecule has 3 rings (SSSR count). The number of methoxy groups -OCH3 is 1. The van der Waals surface area contributed by atoms with Crippen LogP contribution in [0.2, 0.25) is 0 Å². The van der Waals surface area contributed by atoms with E-state index >= 15 is 0 Å². The number of esters is 1. The van der Waals surface area contributed by atoms with Gasteiger partial charge in [0.15, 0.2) is 6.10 Å². The Hall–Kier alpha value is -3.35. The van der Waals surface area contributed by atoms with E-state index in [0.29, 0.717) is 11.6 Å². The predicted octanol–water partition coefficient (Wildman–Crippen LogP) is 3.68. The molecule has 26 heavy (non-hydrogen) atoms. The van der Waals surface area contributed by atoms with Crippen LogP contribution in [0.25, 0.3) is 11.5 Å². The molecule has 0 saturated heterocycles. The Morgan fingerprint density at radius 1 is 1.15 bits per heavy atom. The molecule has 7 nitrogen and oxygen atoms in total. The molecule has 0 saturated carbocycles. The topological polar surface area (TPSA) is 94.7 Å². The highest BCUT2D eigenvalue weighted by molar-refractivity contribution is 5.92. The van der Waals surface area contributed by atoms with Crippen molar-refractivity contribution >= 4 is 5.97 Å². The van der Waals surface area contributed by atoms with E-state index in [4.69, 9.17) is 13.9 Å². The number of aromatic hydroxyl groups is 1. The van der Waals surface area contributed by atoms with Crippen LogP contribution in [0.5, 0.6) is 11.5 Å². The Morgan fingerprint density at radius 3 is 2.54 bits per heavy atom. The lowest BCUT2D eigenvalue weighted by Gasteiger charge is -2.11. The van der Waals surface area contributed by atoms with Gasteiger partial charge in [-0.3, -0.25) is 0 Å². The standard InChI is InChI=1S/C19H18N2O5/c1-11-4-6-13(7-5-11)18-21-20-17(26-18)12(2)25-19(23)15-9-8-14(24-3)10-16(15)22/h4-10,12,22H,1-3H3/t12-/m0/s1. The average Bonchev–Trinajstić information content (AvgIpc) is 3.12. The summed E-state index contributed by atoms with van der Waals surface area (Å²) >= 11 is 0. The highest BCUT2D eigenvalue weighted by Gasteiger charge is 2.22. The lowest BCUT2D eigenvalue weighted by Crippen LogP contribution is -2.10. The lowest BCUT2D eigenvalue weighted by atomic mass is 10.1. The second-order valence-corrected chi connectivity index (χ2v) is 5.74. The number of hydrogen-bond acceptors (Lipinski definition) is 7. The molecule has 0 bridgehead atoms. The van der Waals surface area contributed by atoms with Crippen molar-refractivity contribution in [1.29, 1.82) is 0 Å². The molecule has 0 amide bonds. The van der Waals surface area contributed by atoms with Crippen LogP contribution in [0.4, 0.5) is 0 Å². The minimum absolute atomic E-state index is 0.0240. The number of phenols is 1. The normalized spacial score (nSPS) is 11.8. The summed E-state index contributed by atoms with van der Waals surface area (Å²) in [6.07, 6.45) is -0.768. The molecule has 7 heteroatoms. The van der Waals surface area contributed by atoms with Crippen LogP contribution in [0.15, 0.2) is 46.9 Å². The molecular weight excluding hydrogens is 336 g/mol. The zero-order valence-electron chi connectivity index (χ0n) is 14.6. The summed E-state index contributed by atoms with van der Waals surface area (Å²) in [5, 5.41) is 17.8. The first kappa shape index (κ1) is 17.5. The van der Waals surface area contributed by atoms with Crippen molar-refractivity contribution in [3.8, 4) is 23.0 Å². The van der Waals surface area contributed by atoms with Gasteiger partial charge in [-0.1, -0.05) is 17.7 Å². The minimum Gasteiger partial charge on any atom is -0.507 e.